The van der Waals surface area contributed by atoms with Crippen LogP contribution in [0.25, 0.3) is 0 Å². The topological polar surface area (TPSA) is 79.3 Å². The third-order valence-electron chi connectivity index (χ3n) is 2.19. The van der Waals surface area contributed by atoms with Gasteiger partial charge in [0, 0.05) is 17.9 Å². The second-order valence-electron chi connectivity index (χ2n) is 3.75. The van der Waals surface area contributed by atoms with E-state index in [-0.39, 0.29) is 24.7 Å². The third kappa shape index (κ3) is 6.74. The molecule has 1 atom stereocenters. The Morgan fingerprint density at radius 3 is 2.56 bits per heavy atom. The fraction of sp³-hybridized carbons (Fsp3) is 0.417. The summed E-state index contributed by atoms with van der Waals surface area (Å²) in [4.78, 5) is 0. The molecule has 0 aliphatic heterocycles. The molecule has 1 aromatic rings. The van der Waals surface area contributed by atoms with E-state index in [4.69, 9.17) is 15.9 Å². The van der Waals surface area contributed by atoms with E-state index in [1.54, 1.807) is 18.9 Å². The number of rotatable bonds is 7. The lowest BCUT2D eigenvalue weighted by atomic mass is 10.2. The summed E-state index contributed by atoms with van der Waals surface area (Å²) in [5.41, 5.74) is 6.39. The molecule has 102 valence electrons. The van der Waals surface area contributed by atoms with Crippen LogP contribution in [-0.4, -0.2) is 29.9 Å². The lowest BCUT2D eigenvalue weighted by molar-refractivity contribution is 0.207. The van der Waals surface area contributed by atoms with E-state index in [9.17, 15) is 5.11 Å². The lowest BCUT2D eigenvalue weighted by Gasteiger charge is -2.09. The number of hydrogen-bond donors (Lipinski definition) is 3. The number of hydrogen-bond acceptors (Lipinski definition) is 4. The van der Waals surface area contributed by atoms with Crippen molar-refractivity contribution in [2.24, 2.45) is 5.73 Å². The molecular weight excluding hydrogens is 272 g/mol. The molecule has 0 bridgehead atoms. The molecule has 0 saturated heterocycles. The minimum Gasteiger partial charge on any atom is -0.497 e. The van der Waals surface area contributed by atoms with Crippen molar-refractivity contribution in [2.75, 3.05) is 12.9 Å². The summed E-state index contributed by atoms with van der Waals surface area (Å²) >= 11 is 1.63. The van der Waals surface area contributed by atoms with E-state index >= 15 is 0 Å². The van der Waals surface area contributed by atoms with Crippen molar-refractivity contribution < 1.29 is 9.84 Å². The Morgan fingerprint density at radius 1 is 1.44 bits per heavy atom. The minimum absolute atomic E-state index is 0. The van der Waals surface area contributed by atoms with E-state index in [0.717, 1.165) is 11.5 Å². The van der Waals surface area contributed by atoms with Gasteiger partial charge in [0.25, 0.3) is 0 Å². The van der Waals surface area contributed by atoms with E-state index < -0.39 is 6.10 Å². The summed E-state index contributed by atoms with van der Waals surface area (Å²) in [6.45, 7) is 0. The van der Waals surface area contributed by atoms with Crippen LogP contribution in [0.1, 0.15) is 12.0 Å². The Balaban J connectivity index is 0.00000289. The molecule has 0 aliphatic rings. The van der Waals surface area contributed by atoms with Gasteiger partial charge >= 0.3 is 0 Å². The molecule has 1 rings (SSSR count). The second kappa shape index (κ2) is 9.08. The summed E-state index contributed by atoms with van der Waals surface area (Å²) in [7, 11) is 1.64. The van der Waals surface area contributed by atoms with E-state index in [0.29, 0.717) is 5.75 Å². The number of amidine groups is 1. The van der Waals surface area contributed by atoms with Gasteiger partial charge in [0.1, 0.15) is 5.75 Å². The van der Waals surface area contributed by atoms with Gasteiger partial charge in [-0.2, -0.15) is 11.8 Å². The summed E-state index contributed by atoms with van der Waals surface area (Å²) in [5.74, 6) is 2.29. The second-order valence-corrected chi connectivity index (χ2v) is 4.78. The van der Waals surface area contributed by atoms with Crippen LogP contribution < -0.4 is 10.5 Å². The molecule has 18 heavy (non-hydrogen) atoms. The van der Waals surface area contributed by atoms with Crippen molar-refractivity contribution in [3.05, 3.63) is 29.8 Å². The smallest absolute Gasteiger partial charge is 0.118 e. The summed E-state index contributed by atoms with van der Waals surface area (Å²) in [5, 5.41) is 16.6. The van der Waals surface area contributed by atoms with Crippen molar-refractivity contribution in [1.82, 2.24) is 0 Å². The van der Waals surface area contributed by atoms with Crippen molar-refractivity contribution in [1.29, 1.82) is 5.41 Å². The molecule has 0 aliphatic carbocycles. The first-order valence-electron chi connectivity index (χ1n) is 5.33. The third-order valence-corrected chi connectivity index (χ3v) is 3.35. The molecule has 1 aromatic carbocycles. The average molecular weight is 291 g/mol. The first kappa shape index (κ1) is 17.1. The van der Waals surface area contributed by atoms with Gasteiger partial charge in [-0.25, -0.2) is 0 Å². The Labute approximate surface area is 118 Å². The monoisotopic (exact) mass is 290 g/mol. The van der Waals surface area contributed by atoms with Crippen LogP contribution in [0.2, 0.25) is 0 Å². The van der Waals surface area contributed by atoms with Crippen molar-refractivity contribution >= 4 is 30.0 Å². The number of aliphatic hydroxyl groups is 1. The number of nitrogens with two attached hydrogens (primary N) is 1. The zero-order chi connectivity index (χ0) is 12.7. The Hall–Kier alpha value is -0.910. The van der Waals surface area contributed by atoms with Gasteiger partial charge in [0.15, 0.2) is 0 Å². The van der Waals surface area contributed by atoms with Gasteiger partial charge in [0.2, 0.25) is 0 Å². The maximum absolute atomic E-state index is 9.52. The molecule has 6 heteroatoms. The molecular formula is C12H19ClN2O2S. The Morgan fingerprint density at radius 2 is 2.06 bits per heavy atom. The fourth-order valence-corrected chi connectivity index (χ4v) is 2.28. The lowest BCUT2D eigenvalue weighted by Crippen LogP contribution is -2.21. The predicted octanol–water partition coefficient (Wildman–Crippen LogP) is 2.04. The van der Waals surface area contributed by atoms with Crippen molar-refractivity contribution in [3.8, 4) is 5.75 Å². The van der Waals surface area contributed by atoms with Gasteiger partial charge in [-0.3, -0.25) is 5.41 Å². The van der Waals surface area contributed by atoms with Crippen LogP contribution >= 0.6 is 24.2 Å². The number of thioether (sulfide) groups is 1. The minimum atomic E-state index is -0.532. The fourth-order valence-electron chi connectivity index (χ4n) is 1.35. The van der Waals surface area contributed by atoms with Crippen LogP contribution in [-0.2, 0) is 5.75 Å². The SMILES string of the molecule is COc1ccc(CSCC(O)CC(=N)N)cc1.Cl. The number of methoxy groups -OCH3 is 1. The van der Waals surface area contributed by atoms with Crippen LogP contribution in [0.5, 0.6) is 5.75 Å². The summed E-state index contributed by atoms with van der Waals surface area (Å²) < 4.78 is 5.07. The zero-order valence-electron chi connectivity index (χ0n) is 10.3. The molecule has 0 fully saturated rings. The highest BCUT2D eigenvalue weighted by Gasteiger charge is 2.05. The van der Waals surface area contributed by atoms with Gasteiger partial charge in [0.05, 0.1) is 19.0 Å². The number of benzene rings is 1. The molecule has 4 N–H and O–H groups in total. The predicted molar refractivity (Wildman–Crippen MR) is 78.9 cm³/mol. The molecule has 0 spiro atoms. The summed E-state index contributed by atoms with van der Waals surface area (Å²) in [6.07, 6.45) is -0.286. The van der Waals surface area contributed by atoms with Crippen LogP contribution in [0, 0.1) is 5.41 Å². The average Bonchev–Trinajstić information content (AvgIpc) is 2.29. The largest absolute Gasteiger partial charge is 0.497 e. The van der Waals surface area contributed by atoms with Gasteiger partial charge in [-0.1, -0.05) is 12.1 Å². The molecule has 0 amide bonds. The number of halogens is 1. The maximum atomic E-state index is 9.52. The van der Waals surface area contributed by atoms with Crippen LogP contribution in [0.15, 0.2) is 24.3 Å². The molecule has 0 heterocycles. The number of nitrogens with one attached hydrogen (secondary N) is 1. The van der Waals surface area contributed by atoms with Gasteiger partial charge in [-0.15, -0.1) is 12.4 Å². The van der Waals surface area contributed by atoms with E-state index in [1.165, 1.54) is 5.56 Å². The molecule has 0 aromatic heterocycles. The molecule has 4 nitrogen and oxygen atoms in total. The number of ether oxygens (including phenoxy) is 1. The molecule has 1 unspecified atom stereocenters. The summed E-state index contributed by atoms with van der Waals surface area (Å²) in [6, 6.07) is 7.84. The number of aliphatic hydroxyl groups excluding tert-OH is 1. The highest BCUT2D eigenvalue weighted by Crippen LogP contribution is 2.17. The van der Waals surface area contributed by atoms with Crippen LogP contribution in [0.3, 0.4) is 0 Å². The van der Waals surface area contributed by atoms with E-state index in [1.807, 2.05) is 24.3 Å². The maximum Gasteiger partial charge on any atom is 0.118 e. The quantitative estimate of drug-likeness (QED) is 0.530. The highest BCUT2D eigenvalue weighted by atomic mass is 35.5. The van der Waals surface area contributed by atoms with Crippen LogP contribution in [0.4, 0.5) is 0 Å². The molecule has 0 saturated carbocycles. The molecule has 0 radical (unpaired) electrons. The first-order chi connectivity index (χ1) is 8.11. The Kier molecular flexibility index (Phi) is 8.62. The van der Waals surface area contributed by atoms with Crippen molar-refractivity contribution in [2.45, 2.75) is 18.3 Å². The standard InChI is InChI=1S/C12H18N2O2S.ClH/c1-16-11-4-2-9(3-5-11)7-17-8-10(15)6-12(13)14;/h2-5,10,15H,6-8H2,1H3,(H3,13,14);1H. The normalized spacial score (nSPS) is 11.4. The van der Waals surface area contributed by atoms with E-state index in [2.05, 4.69) is 0 Å². The highest BCUT2D eigenvalue weighted by molar-refractivity contribution is 7.98. The Bertz CT molecular complexity index is 360. The van der Waals surface area contributed by atoms with Crippen molar-refractivity contribution in [3.63, 3.8) is 0 Å². The first-order valence-corrected chi connectivity index (χ1v) is 6.49. The van der Waals surface area contributed by atoms with Gasteiger partial charge in [-0.05, 0) is 17.7 Å². The zero-order valence-corrected chi connectivity index (χ0v) is 11.9. The van der Waals surface area contributed by atoms with Gasteiger partial charge < -0.3 is 15.6 Å².